The van der Waals surface area contributed by atoms with E-state index in [0.717, 1.165) is 16.0 Å². The number of anilines is 1. The van der Waals surface area contributed by atoms with Crippen molar-refractivity contribution in [3.05, 3.63) is 66.4 Å². The van der Waals surface area contributed by atoms with Gasteiger partial charge in [-0.2, -0.15) is 0 Å². The third kappa shape index (κ3) is 3.80. The molecule has 3 aromatic rings. The molecule has 1 aliphatic rings. The van der Waals surface area contributed by atoms with E-state index in [1.165, 1.54) is 11.5 Å². The van der Waals surface area contributed by atoms with Gasteiger partial charge in [0.25, 0.3) is 0 Å². The van der Waals surface area contributed by atoms with Crippen LogP contribution in [0.5, 0.6) is 0 Å². The average molecular weight is 392 g/mol. The Bertz CT molecular complexity index is 958. The molecule has 1 fully saturated rings. The summed E-state index contributed by atoms with van der Waals surface area (Å²) in [5, 5.41) is 6.76. The van der Waals surface area contributed by atoms with Gasteiger partial charge in [0.2, 0.25) is 11.8 Å². The Labute approximate surface area is 167 Å². The van der Waals surface area contributed by atoms with Crippen molar-refractivity contribution in [1.82, 2.24) is 14.5 Å². The average Bonchev–Trinajstić information content (AvgIpc) is 3.39. The number of carbonyl (C=O) groups is 2. The second-order valence-electron chi connectivity index (χ2n) is 6.88. The maximum absolute atomic E-state index is 12.7. The minimum Gasteiger partial charge on any atom is -0.335 e. The fourth-order valence-electron chi connectivity index (χ4n) is 3.45. The van der Waals surface area contributed by atoms with E-state index in [-0.39, 0.29) is 30.2 Å². The number of hydrogen-bond donors (Lipinski definition) is 1. The Morgan fingerprint density at radius 1 is 1.18 bits per heavy atom. The third-order valence-electron chi connectivity index (χ3n) is 5.08. The Balaban J connectivity index is 1.39. The van der Waals surface area contributed by atoms with Crippen molar-refractivity contribution in [2.24, 2.45) is 5.92 Å². The van der Waals surface area contributed by atoms with Crippen molar-refractivity contribution in [2.75, 3.05) is 11.9 Å². The lowest BCUT2D eigenvalue weighted by atomic mass is 10.1. The standard InChI is InChI=1S/C21H20N4O2S/c1-14(15-5-3-2-4-6-15)25-13-17(11-20(25)26)21(27)23-18-9-7-16(8-10-18)19-12-22-24-28-19/h2-10,12,14,17H,11,13H2,1H3,(H,23,27). The number of aromatic nitrogens is 2. The van der Waals surface area contributed by atoms with Crippen LogP contribution in [-0.4, -0.2) is 32.8 Å². The first-order valence-electron chi connectivity index (χ1n) is 9.15. The Kier molecular flexibility index (Phi) is 5.16. The molecule has 1 aromatic heterocycles. The monoisotopic (exact) mass is 392 g/mol. The Morgan fingerprint density at radius 3 is 2.61 bits per heavy atom. The molecule has 0 bridgehead atoms. The van der Waals surface area contributed by atoms with Crippen LogP contribution in [0.1, 0.15) is 24.9 Å². The zero-order chi connectivity index (χ0) is 19.5. The summed E-state index contributed by atoms with van der Waals surface area (Å²) in [6, 6.07) is 17.4. The normalized spacial score (nSPS) is 17.5. The first-order chi connectivity index (χ1) is 13.6. The van der Waals surface area contributed by atoms with Crippen molar-refractivity contribution in [3.8, 4) is 10.4 Å². The van der Waals surface area contributed by atoms with E-state index in [1.807, 2.05) is 61.5 Å². The van der Waals surface area contributed by atoms with Crippen LogP contribution in [0, 0.1) is 5.92 Å². The summed E-state index contributed by atoms with van der Waals surface area (Å²) in [4.78, 5) is 27.9. The van der Waals surface area contributed by atoms with E-state index in [1.54, 1.807) is 11.1 Å². The minimum atomic E-state index is -0.343. The number of nitrogens with one attached hydrogen (secondary N) is 1. The molecule has 2 aromatic carbocycles. The second kappa shape index (κ2) is 7.90. The summed E-state index contributed by atoms with van der Waals surface area (Å²) in [6.07, 6.45) is 1.96. The van der Waals surface area contributed by atoms with Crippen LogP contribution in [0.15, 0.2) is 60.8 Å². The van der Waals surface area contributed by atoms with Gasteiger partial charge in [0.05, 0.1) is 23.0 Å². The quantitative estimate of drug-likeness (QED) is 0.717. The SMILES string of the molecule is CC(c1ccccc1)N1CC(C(=O)Nc2ccc(-c3cnns3)cc2)CC1=O. The largest absolute Gasteiger partial charge is 0.335 e. The van der Waals surface area contributed by atoms with E-state index >= 15 is 0 Å². The number of likely N-dealkylation sites (tertiary alicyclic amines) is 1. The van der Waals surface area contributed by atoms with Gasteiger partial charge in [0.1, 0.15) is 0 Å². The molecule has 0 spiro atoms. The summed E-state index contributed by atoms with van der Waals surface area (Å²) in [5.41, 5.74) is 2.80. The predicted octanol–water partition coefficient (Wildman–Crippen LogP) is 3.75. The zero-order valence-corrected chi connectivity index (χ0v) is 16.2. The number of carbonyl (C=O) groups excluding carboxylic acids is 2. The maximum atomic E-state index is 12.7. The molecule has 1 aliphatic heterocycles. The molecule has 28 heavy (non-hydrogen) atoms. The molecule has 1 saturated heterocycles. The molecule has 7 heteroatoms. The topological polar surface area (TPSA) is 75.2 Å². The van der Waals surface area contributed by atoms with Crippen LogP contribution in [0.2, 0.25) is 0 Å². The minimum absolute atomic E-state index is 0.0181. The number of hydrogen-bond acceptors (Lipinski definition) is 5. The number of rotatable bonds is 5. The van der Waals surface area contributed by atoms with Crippen LogP contribution >= 0.6 is 11.5 Å². The fourth-order valence-corrected chi connectivity index (χ4v) is 3.97. The van der Waals surface area contributed by atoms with Crippen LogP contribution in [-0.2, 0) is 9.59 Å². The molecule has 142 valence electrons. The van der Waals surface area contributed by atoms with E-state index < -0.39 is 0 Å². The van der Waals surface area contributed by atoms with Crippen LogP contribution in [0.3, 0.4) is 0 Å². The van der Waals surface area contributed by atoms with E-state index in [2.05, 4.69) is 14.9 Å². The fraction of sp³-hybridized carbons (Fsp3) is 0.238. The summed E-state index contributed by atoms with van der Waals surface area (Å²) < 4.78 is 3.86. The van der Waals surface area contributed by atoms with E-state index in [9.17, 15) is 9.59 Å². The third-order valence-corrected chi connectivity index (χ3v) is 5.79. The summed E-state index contributed by atoms with van der Waals surface area (Å²) in [7, 11) is 0. The molecule has 2 atom stereocenters. The molecular weight excluding hydrogens is 372 g/mol. The van der Waals surface area contributed by atoms with E-state index in [0.29, 0.717) is 12.2 Å². The van der Waals surface area contributed by atoms with Crippen molar-refractivity contribution in [2.45, 2.75) is 19.4 Å². The molecule has 6 nitrogen and oxygen atoms in total. The highest BCUT2D eigenvalue weighted by Crippen LogP contribution is 2.29. The lowest BCUT2D eigenvalue weighted by Crippen LogP contribution is -2.30. The van der Waals surface area contributed by atoms with Gasteiger partial charge in [-0.1, -0.05) is 47.0 Å². The molecule has 0 saturated carbocycles. The highest BCUT2D eigenvalue weighted by atomic mass is 32.1. The second-order valence-corrected chi connectivity index (χ2v) is 7.67. The van der Waals surface area contributed by atoms with Gasteiger partial charge in [0, 0.05) is 18.7 Å². The van der Waals surface area contributed by atoms with E-state index in [4.69, 9.17) is 0 Å². The van der Waals surface area contributed by atoms with Gasteiger partial charge in [-0.25, -0.2) is 0 Å². The number of nitrogens with zero attached hydrogens (tertiary/aromatic N) is 3. The summed E-state index contributed by atoms with van der Waals surface area (Å²) in [5.74, 6) is -0.447. The van der Waals surface area contributed by atoms with Gasteiger partial charge < -0.3 is 10.2 Å². The highest BCUT2D eigenvalue weighted by Gasteiger charge is 2.37. The van der Waals surface area contributed by atoms with Gasteiger partial charge >= 0.3 is 0 Å². The lowest BCUT2D eigenvalue weighted by molar-refractivity contribution is -0.129. The number of amides is 2. The predicted molar refractivity (Wildman–Crippen MR) is 109 cm³/mol. The summed E-state index contributed by atoms with van der Waals surface area (Å²) >= 11 is 1.33. The van der Waals surface area contributed by atoms with Crippen molar-refractivity contribution >= 4 is 29.0 Å². The van der Waals surface area contributed by atoms with Gasteiger partial charge in [-0.15, -0.1) is 5.10 Å². The molecule has 0 radical (unpaired) electrons. The lowest BCUT2D eigenvalue weighted by Gasteiger charge is -2.25. The molecular formula is C21H20N4O2S. The molecule has 4 rings (SSSR count). The molecule has 2 unspecified atom stereocenters. The Hall–Kier alpha value is -3.06. The maximum Gasteiger partial charge on any atom is 0.229 e. The highest BCUT2D eigenvalue weighted by molar-refractivity contribution is 7.09. The first-order valence-corrected chi connectivity index (χ1v) is 9.92. The first kappa shape index (κ1) is 18.3. The molecule has 0 aliphatic carbocycles. The Morgan fingerprint density at radius 2 is 1.93 bits per heavy atom. The van der Waals surface area contributed by atoms with Crippen molar-refractivity contribution < 1.29 is 9.59 Å². The van der Waals surface area contributed by atoms with Gasteiger partial charge in [-0.3, -0.25) is 9.59 Å². The van der Waals surface area contributed by atoms with Crippen LogP contribution < -0.4 is 5.32 Å². The van der Waals surface area contributed by atoms with Crippen LogP contribution in [0.4, 0.5) is 5.69 Å². The zero-order valence-electron chi connectivity index (χ0n) is 15.4. The molecule has 2 heterocycles. The van der Waals surface area contributed by atoms with Gasteiger partial charge in [0.15, 0.2) is 0 Å². The van der Waals surface area contributed by atoms with Crippen LogP contribution in [0.25, 0.3) is 10.4 Å². The smallest absolute Gasteiger partial charge is 0.229 e. The number of benzene rings is 2. The molecule has 2 amide bonds. The van der Waals surface area contributed by atoms with Gasteiger partial charge in [-0.05, 0) is 41.7 Å². The molecule has 1 N–H and O–H groups in total. The van der Waals surface area contributed by atoms with Crippen molar-refractivity contribution in [1.29, 1.82) is 0 Å². The van der Waals surface area contributed by atoms with Crippen molar-refractivity contribution in [3.63, 3.8) is 0 Å². The summed E-state index contributed by atoms with van der Waals surface area (Å²) in [6.45, 7) is 2.44.